The first-order chi connectivity index (χ1) is 20.4. The molecule has 0 radical (unpaired) electrons. The molecule has 0 spiro atoms. The lowest BCUT2D eigenvalue weighted by Crippen LogP contribution is -2.57. The molecule has 234 valence electrons. The summed E-state index contributed by atoms with van der Waals surface area (Å²) in [5, 5.41) is 24.3. The van der Waals surface area contributed by atoms with Gasteiger partial charge < -0.3 is 37.2 Å². The zero-order valence-corrected chi connectivity index (χ0v) is 24.9. The molecule has 0 aliphatic rings. The maximum Gasteiger partial charge on any atom is 0.305 e. The molecule has 0 bridgehead atoms. The number of nitrogens with one attached hydrogen (secondary N) is 2. The molecule has 8 N–H and O–H groups in total. The Labute approximate surface area is 251 Å². The summed E-state index contributed by atoms with van der Waals surface area (Å²) >= 11 is 0. The molecule has 0 saturated carbocycles. The number of nitrogens with two attached hydrogens (primary N) is 2. The number of phenolic OH excluding ortho intramolecular Hbond substituents is 1. The highest BCUT2D eigenvalue weighted by Gasteiger charge is 2.31. The van der Waals surface area contributed by atoms with Gasteiger partial charge in [0.15, 0.2) is 5.96 Å². The van der Waals surface area contributed by atoms with Crippen molar-refractivity contribution in [1.29, 1.82) is 0 Å². The van der Waals surface area contributed by atoms with Crippen LogP contribution in [0.15, 0.2) is 59.6 Å². The summed E-state index contributed by atoms with van der Waals surface area (Å²) in [6.07, 6.45) is 0.805. The highest BCUT2D eigenvalue weighted by molar-refractivity contribution is 5.93. The number of nitrogens with zero attached hydrogens (tertiary/aromatic N) is 3. The van der Waals surface area contributed by atoms with E-state index >= 15 is 0 Å². The summed E-state index contributed by atoms with van der Waals surface area (Å²) in [5.41, 5.74) is 12.5. The summed E-state index contributed by atoms with van der Waals surface area (Å²) in [4.78, 5) is 58.6. The second-order valence-corrected chi connectivity index (χ2v) is 10.5. The predicted octanol–water partition coefficient (Wildman–Crippen LogP) is 0.0639. The molecule has 43 heavy (non-hydrogen) atoms. The summed E-state index contributed by atoms with van der Waals surface area (Å²) in [7, 11) is 4.98. The van der Waals surface area contributed by atoms with Crippen molar-refractivity contribution < 1.29 is 29.4 Å². The van der Waals surface area contributed by atoms with E-state index in [0.717, 1.165) is 11.1 Å². The van der Waals surface area contributed by atoms with Gasteiger partial charge in [0.05, 0.1) is 12.5 Å². The van der Waals surface area contributed by atoms with Crippen LogP contribution in [-0.2, 0) is 32.0 Å². The zero-order chi connectivity index (χ0) is 31.9. The Kier molecular flexibility index (Phi) is 13.9. The number of guanidine groups is 1. The number of amides is 3. The van der Waals surface area contributed by atoms with E-state index in [2.05, 4.69) is 15.6 Å². The quantitative estimate of drug-likeness (QED) is 0.0828. The van der Waals surface area contributed by atoms with Crippen LogP contribution in [0.25, 0.3) is 0 Å². The predicted molar refractivity (Wildman–Crippen MR) is 163 cm³/mol. The summed E-state index contributed by atoms with van der Waals surface area (Å²) in [6, 6.07) is 13.0. The number of benzene rings is 2. The lowest BCUT2D eigenvalue weighted by atomic mass is 10.0. The molecule has 3 amide bonds. The molecule has 13 nitrogen and oxygen atoms in total. The fraction of sp³-hybridized carbons (Fsp3) is 0.433. The third kappa shape index (κ3) is 12.4. The molecule has 0 aliphatic carbocycles. The van der Waals surface area contributed by atoms with Crippen LogP contribution in [0, 0.1) is 0 Å². The molecule has 0 saturated heterocycles. The van der Waals surface area contributed by atoms with Gasteiger partial charge in [-0.2, -0.15) is 0 Å². The third-order valence-corrected chi connectivity index (χ3v) is 6.80. The number of phenols is 1. The molecule has 3 unspecified atom stereocenters. The number of carbonyl (C=O) groups excluding carboxylic acids is 3. The Balaban J connectivity index is 2.28. The van der Waals surface area contributed by atoms with Gasteiger partial charge in [0, 0.05) is 26.6 Å². The van der Waals surface area contributed by atoms with Crippen LogP contribution in [0.3, 0.4) is 0 Å². The highest BCUT2D eigenvalue weighted by Crippen LogP contribution is 2.14. The minimum absolute atomic E-state index is 0.0320. The molecule has 0 heterocycles. The van der Waals surface area contributed by atoms with Crippen molar-refractivity contribution in [2.75, 3.05) is 34.2 Å². The number of aliphatic carboxylic acids is 1. The van der Waals surface area contributed by atoms with Gasteiger partial charge in [-0.05, 0) is 56.6 Å². The largest absolute Gasteiger partial charge is 0.508 e. The van der Waals surface area contributed by atoms with Crippen molar-refractivity contribution in [2.24, 2.45) is 16.5 Å². The Bertz CT molecular complexity index is 1230. The van der Waals surface area contributed by atoms with Crippen LogP contribution in [0.1, 0.15) is 30.4 Å². The first-order valence-electron chi connectivity index (χ1n) is 14.0. The number of carbonyl (C=O) groups is 4. The van der Waals surface area contributed by atoms with E-state index in [1.165, 1.54) is 24.1 Å². The SMILES string of the molecule is CN(CCC(=O)O)C(=O)C(Cc1ccccc1)NC(=O)C(CCCN=C(N)N)NC(=O)C(Cc1ccc(O)cc1)N(C)C. The van der Waals surface area contributed by atoms with Crippen LogP contribution >= 0.6 is 0 Å². The van der Waals surface area contributed by atoms with Crippen molar-refractivity contribution in [3.05, 3.63) is 65.7 Å². The second-order valence-electron chi connectivity index (χ2n) is 10.5. The fourth-order valence-electron chi connectivity index (χ4n) is 4.37. The van der Waals surface area contributed by atoms with Crippen LogP contribution in [-0.4, -0.2) is 102 Å². The van der Waals surface area contributed by atoms with Gasteiger partial charge in [-0.25, -0.2) is 0 Å². The fourth-order valence-corrected chi connectivity index (χ4v) is 4.37. The third-order valence-electron chi connectivity index (χ3n) is 6.80. The molecule has 0 aliphatic heterocycles. The monoisotopic (exact) mass is 597 g/mol. The molecule has 3 atom stereocenters. The number of carboxylic acids is 1. The average molecular weight is 598 g/mol. The lowest BCUT2D eigenvalue weighted by Gasteiger charge is -2.29. The summed E-state index contributed by atoms with van der Waals surface area (Å²) < 4.78 is 0. The number of carboxylic acid groups (broad SMARTS) is 1. The van der Waals surface area contributed by atoms with E-state index in [9.17, 15) is 24.3 Å². The van der Waals surface area contributed by atoms with Gasteiger partial charge in [-0.15, -0.1) is 0 Å². The Morgan fingerprint density at radius 3 is 2.05 bits per heavy atom. The minimum Gasteiger partial charge on any atom is -0.508 e. The number of hydrogen-bond donors (Lipinski definition) is 6. The molecule has 0 fully saturated rings. The molecule has 2 aromatic carbocycles. The number of hydrogen-bond acceptors (Lipinski definition) is 7. The van der Waals surface area contributed by atoms with E-state index in [-0.39, 0.29) is 44.1 Å². The Morgan fingerprint density at radius 1 is 0.860 bits per heavy atom. The standard InChI is InChI=1S/C30H43N7O6/c1-36(2)25(19-21-11-13-22(38)14-12-21)28(42)34-23(10-7-16-33-30(31)32)27(41)35-24(18-20-8-5-4-6-9-20)29(43)37(3)17-15-26(39)40/h4-6,8-9,11-14,23-25,38H,7,10,15-19H2,1-3H3,(H,34,42)(H,35,41)(H,39,40)(H4,31,32,33). The van der Waals surface area contributed by atoms with E-state index < -0.39 is 41.8 Å². The van der Waals surface area contributed by atoms with Gasteiger partial charge in [0.1, 0.15) is 17.8 Å². The van der Waals surface area contributed by atoms with Crippen molar-refractivity contribution in [1.82, 2.24) is 20.4 Å². The van der Waals surface area contributed by atoms with Gasteiger partial charge >= 0.3 is 5.97 Å². The molecule has 13 heteroatoms. The van der Waals surface area contributed by atoms with Gasteiger partial charge in [-0.3, -0.25) is 29.1 Å². The van der Waals surface area contributed by atoms with E-state index in [1.54, 1.807) is 31.1 Å². The first-order valence-corrected chi connectivity index (χ1v) is 14.0. The number of aliphatic imine (C=N–C) groups is 1. The van der Waals surface area contributed by atoms with Crippen molar-refractivity contribution in [3.63, 3.8) is 0 Å². The van der Waals surface area contributed by atoms with E-state index in [4.69, 9.17) is 16.6 Å². The number of likely N-dealkylation sites (N-methyl/N-ethyl adjacent to an activating group) is 2. The lowest BCUT2D eigenvalue weighted by molar-refractivity contribution is -0.139. The molecule has 2 rings (SSSR count). The van der Waals surface area contributed by atoms with Gasteiger partial charge in [-0.1, -0.05) is 42.5 Å². The normalized spacial score (nSPS) is 12.9. The number of aromatic hydroxyl groups is 1. The molecular weight excluding hydrogens is 554 g/mol. The molecule has 0 aromatic heterocycles. The maximum absolute atomic E-state index is 13.7. The molecule has 2 aromatic rings. The highest BCUT2D eigenvalue weighted by atomic mass is 16.4. The zero-order valence-electron chi connectivity index (χ0n) is 24.9. The summed E-state index contributed by atoms with van der Waals surface area (Å²) in [6.45, 7) is 0.201. The summed E-state index contributed by atoms with van der Waals surface area (Å²) in [5.74, 6) is -2.45. The van der Waals surface area contributed by atoms with E-state index in [0.29, 0.717) is 12.8 Å². The van der Waals surface area contributed by atoms with Gasteiger partial charge in [0.2, 0.25) is 17.7 Å². The van der Waals surface area contributed by atoms with Crippen LogP contribution in [0.2, 0.25) is 0 Å². The van der Waals surface area contributed by atoms with Crippen LogP contribution in [0.4, 0.5) is 0 Å². The topological polar surface area (TPSA) is 204 Å². The van der Waals surface area contributed by atoms with Crippen LogP contribution in [0.5, 0.6) is 5.75 Å². The van der Waals surface area contributed by atoms with Gasteiger partial charge in [0.25, 0.3) is 0 Å². The van der Waals surface area contributed by atoms with Crippen molar-refractivity contribution in [3.8, 4) is 5.75 Å². The minimum atomic E-state index is -1.05. The van der Waals surface area contributed by atoms with Crippen molar-refractivity contribution in [2.45, 2.75) is 50.2 Å². The Morgan fingerprint density at radius 2 is 1.47 bits per heavy atom. The number of rotatable bonds is 17. The smallest absolute Gasteiger partial charge is 0.305 e. The Hall–Kier alpha value is -4.65. The maximum atomic E-state index is 13.7. The molecular formula is C30H43N7O6. The first kappa shape index (κ1) is 34.6. The second kappa shape index (κ2) is 17.3. The van der Waals surface area contributed by atoms with E-state index in [1.807, 2.05) is 30.3 Å². The van der Waals surface area contributed by atoms with Crippen LogP contribution < -0.4 is 22.1 Å². The average Bonchev–Trinajstić information content (AvgIpc) is 2.96. The van der Waals surface area contributed by atoms with Crippen molar-refractivity contribution >= 4 is 29.7 Å².